The molecular formula is C10H14BrN3O3S. The molecule has 0 atom stereocenters. The molecule has 0 aliphatic carbocycles. The second-order valence-electron chi connectivity index (χ2n) is 3.62. The van der Waals surface area contributed by atoms with E-state index in [1.165, 1.54) is 32.3 Å². The Kier molecular flexibility index (Phi) is 4.71. The van der Waals surface area contributed by atoms with Crippen LogP contribution in [0, 0.1) is 0 Å². The third-order valence-corrected chi connectivity index (χ3v) is 4.81. The fourth-order valence-electron chi connectivity index (χ4n) is 1.21. The van der Waals surface area contributed by atoms with Gasteiger partial charge in [-0.05, 0) is 34.1 Å². The number of halogens is 1. The number of nitrogens with zero attached hydrogens (tertiary/aromatic N) is 1. The van der Waals surface area contributed by atoms with Crippen LogP contribution in [0.15, 0.2) is 27.6 Å². The van der Waals surface area contributed by atoms with Gasteiger partial charge >= 0.3 is 0 Å². The Morgan fingerprint density at radius 1 is 1.50 bits per heavy atom. The van der Waals surface area contributed by atoms with Crippen LogP contribution in [0.3, 0.4) is 0 Å². The van der Waals surface area contributed by atoms with Gasteiger partial charge in [0.05, 0.1) is 11.4 Å². The molecule has 0 unspecified atom stereocenters. The van der Waals surface area contributed by atoms with Gasteiger partial charge < -0.3 is 11.1 Å². The average molecular weight is 336 g/mol. The summed E-state index contributed by atoms with van der Waals surface area (Å²) in [6.45, 7) is -0.235. The smallest absolute Gasteiger partial charge is 0.243 e. The van der Waals surface area contributed by atoms with Gasteiger partial charge in [0.15, 0.2) is 0 Å². The Bertz CT molecular complexity index is 559. The van der Waals surface area contributed by atoms with E-state index in [1.807, 2.05) is 0 Å². The van der Waals surface area contributed by atoms with Crippen molar-refractivity contribution >= 4 is 37.5 Å². The van der Waals surface area contributed by atoms with E-state index in [4.69, 9.17) is 5.73 Å². The summed E-state index contributed by atoms with van der Waals surface area (Å²) in [6.07, 6.45) is 0. The number of sulfonamides is 1. The first kappa shape index (κ1) is 14.9. The van der Waals surface area contributed by atoms with Crippen LogP contribution in [0.4, 0.5) is 5.69 Å². The second-order valence-corrected chi connectivity index (χ2v) is 6.52. The molecule has 0 aliphatic rings. The lowest BCUT2D eigenvalue weighted by Gasteiger charge is -2.16. The van der Waals surface area contributed by atoms with Crippen LogP contribution >= 0.6 is 15.9 Å². The third kappa shape index (κ3) is 3.21. The Morgan fingerprint density at radius 2 is 2.11 bits per heavy atom. The Balaban J connectivity index is 3.05. The molecule has 0 spiro atoms. The minimum atomic E-state index is -3.70. The zero-order chi connectivity index (χ0) is 13.9. The molecule has 0 heterocycles. The minimum absolute atomic E-state index is 0.0787. The van der Waals surface area contributed by atoms with Gasteiger partial charge in [-0.25, -0.2) is 8.42 Å². The number of anilines is 1. The third-order valence-electron chi connectivity index (χ3n) is 2.33. The van der Waals surface area contributed by atoms with Crippen molar-refractivity contribution in [1.82, 2.24) is 9.62 Å². The summed E-state index contributed by atoms with van der Waals surface area (Å²) >= 11 is 3.16. The fourth-order valence-corrected chi connectivity index (χ4v) is 2.90. The molecule has 8 heteroatoms. The van der Waals surface area contributed by atoms with E-state index in [1.54, 1.807) is 0 Å². The lowest BCUT2D eigenvalue weighted by molar-refractivity contribution is -0.120. The van der Waals surface area contributed by atoms with Gasteiger partial charge in [-0.2, -0.15) is 4.31 Å². The Labute approximate surface area is 114 Å². The van der Waals surface area contributed by atoms with Crippen molar-refractivity contribution in [3.63, 3.8) is 0 Å². The van der Waals surface area contributed by atoms with Crippen LogP contribution in [0.1, 0.15) is 0 Å². The van der Waals surface area contributed by atoms with Crippen LogP contribution in [0.5, 0.6) is 0 Å². The number of likely N-dealkylation sites (N-methyl/N-ethyl adjacent to an activating group) is 2. The molecule has 0 saturated carbocycles. The number of benzene rings is 1. The molecule has 18 heavy (non-hydrogen) atoms. The zero-order valence-electron chi connectivity index (χ0n) is 9.97. The van der Waals surface area contributed by atoms with Gasteiger partial charge in [0.1, 0.15) is 0 Å². The van der Waals surface area contributed by atoms with E-state index in [2.05, 4.69) is 21.2 Å². The van der Waals surface area contributed by atoms with E-state index >= 15 is 0 Å². The first-order valence-electron chi connectivity index (χ1n) is 5.01. The predicted octanol–water partition coefficient (Wildman–Crippen LogP) is 0.398. The summed E-state index contributed by atoms with van der Waals surface area (Å²) in [7, 11) is -0.907. The summed E-state index contributed by atoms with van der Waals surface area (Å²) in [5.41, 5.74) is 6.04. The highest BCUT2D eigenvalue weighted by Crippen LogP contribution is 2.24. The molecule has 0 bridgehead atoms. The molecule has 0 aliphatic heterocycles. The molecular weight excluding hydrogens is 322 g/mol. The minimum Gasteiger partial charge on any atom is -0.398 e. The van der Waals surface area contributed by atoms with Crippen molar-refractivity contribution in [3.05, 3.63) is 22.7 Å². The number of amides is 1. The molecule has 0 fully saturated rings. The number of hydrogen-bond donors (Lipinski definition) is 2. The first-order valence-corrected chi connectivity index (χ1v) is 7.24. The highest BCUT2D eigenvalue weighted by molar-refractivity contribution is 9.10. The topological polar surface area (TPSA) is 92.5 Å². The van der Waals surface area contributed by atoms with Crippen molar-refractivity contribution < 1.29 is 13.2 Å². The molecule has 100 valence electrons. The summed E-state index contributed by atoms with van der Waals surface area (Å²) in [5.74, 6) is -0.379. The summed E-state index contributed by atoms with van der Waals surface area (Å²) < 4.78 is 25.7. The van der Waals surface area contributed by atoms with Gasteiger partial charge in [0.25, 0.3) is 0 Å². The SMILES string of the molecule is CNC(=O)CN(C)S(=O)(=O)c1ccc(N)c(Br)c1. The van der Waals surface area contributed by atoms with Gasteiger partial charge in [-0.15, -0.1) is 0 Å². The highest BCUT2D eigenvalue weighted by Gasteiger charge is 2.23. The van der Waals surface area contributed by atoms with Gasteiger partial charge in [-0.1, -0.05) is 0 Å². The summed E-state index contributed by atoms with van der Waals surface area (Å²) in [6, 6.07) is 4.30. The van der Waals surface area contributed by atoms with Crippen molar-refractivity contribution in [2.75, 3.05) is 26.4 Å². The van der Waals surface area contributed by atoms with E-state index in [0.29, 0.717) is 10.2 Å². The van der Waals surface area contributed by atoms with Crippen LogP contribution in [0.25, 0.3) is 0 Å². The van der Waals surface area contributed by atoms with Gasteiger partial charge in [-0.3, -0.25) is 4.79 Å². The predicted molar refractivity (Wildman–Crippen MR) is 72.4 cm³/mol. The molecule has 1 aromatic carbocycles. The number of carbonyl (C=O) groups excluding carboxylic acids is 1. The van der Waals surface area contributed by atoms with Crippen molar-refractivity contribution in [2.24, 2.45) is 0 Å². The molecule has 0 saturated heterocycles. The lowest BCUT2D eigenvalue weighted by Crippen LogP contribution is -2.36. The molecule has 0 radical (unpaired) electrons. The van der Waals surface area contributed by atoms with Crippen molar-refractivity contribution in [2.45, 2.75) is 4.90 Å². The number of nitrogen functional groups attached to an aromatic ring is 1. The standard InChI is InChI=1S/C10H14BrN3O3S/c1-13-10(15)6-14(2)18(16,17)7-3-4-9(12)8(11)5-7/h3-5H,6,12H2,1-2H3,(H,13,15). The molecule has 0 aromatic heterocycles. The van der Waals surface area contributed by atoms with Crippen LogP contribution in [-0.4, -0.2) is 39.3 Å². The number of nitrogens with one attached hydrogen (secondary N) is 1. The maximum absolute atomic E-state index is 12.1. The van der Waals surface area contributed by atoms with Gasteiger partial charge in [0, 0.05) is 24.3 Å². The van der Waals surface area contributed by atoms with Gasteiger partial charge in [0.2, 0.25) is 15.9 Å². The normalized spacial score (nSPS) is 11.6. The monoisotopic (exact) mass is 335 g/mol. The molecule has 1 aromatic rings. The highest BCUT2D eigenvalue weighted by atomic mass is 79.9. The van der Waals surface area contributed by atoms with Crippen molar-refractivity contribution in [3.8, 4) is 0 Å². The van der Waals surface area contributed by atoms with E-state index < -0.39 is 10.0 Å². The second kappa shape index (κ2) is 5.68. The van der Waals surface area contributed by atoms with E-state index in [9.17, 15) is 13.2 Å². The largest absolute Gasteiger partial charge is 0.398 e. The Hall–Kier alpha value is -1.12. The van der Waals surface area contributed by atoms with E-state index in [-0.39, 0.29) is 17.3 Å². The van der Waals surface area contributed by atoms with Crippen LogP contribution < -0.4 is 11.1 Å². The fraction of sp³-hybridized carbons (Fsp3) is 0.300. The number of carbonyl (C=O) groups is 1. The molecule has 1 amide bonds. The number of rotatable bonds is 4. The Morgan fingerprint density at radius 3 is 2.61 bits per heavy atom. The maximum atomic E-state index is 12.1. The molecule has 3 N–H and O–H groups in total. The van der Waals surface area contributed by atoms with E-state index in [0.717, 1.165) is 4.31 Å². The van der Waals surface area contributed by atoms with Crippen molar-refractivity contribution in [1.29, 1.82) is 0 Å². The van der Waals surface area contributed by atoms with Crippen LogP contribution in [-0.2, 0) is 14.8 Å². The first-order chi connectivity index (χ1) is 8.28. The summed E-state index contributed by atoms with van der Waals surface area (Å²) in [4.78, 5) is 11.3. The summed E-state index contributed by atoms with van der Waals surface area (Å²) in [5, 5.41) is 2.37. The number of nitrogens with two attached hydrogens (primary N) is 1. The number of hydrogen-bond acceptors (Lipinski definition) is 4. The quantitative estimate of drug-likeness (QED) is 0.779. The van der Waals surface area contributed by atoms with Crippen LogP contribution in [0.2, 0.25) is 0 Å². The molecule has 6 nitrogen and oxygen atoms in total. The lowest BCUT2D eigenvalue weighted by atomic mass is 10.3. The zero-order valence-corrected chi connectivity index (χ0v) is 12.4. The maximum Gasteiger partial charge on any atom is 0.243 e. The molecule has 1 rings (SSSR count). The average Bonchev–Trinajstić information content (AvgIpc) is 2.32.